The number of hydrogen-bond donors (Lipinski definition) is 0. The zero-order chi connectivity index (χ0) is 23.3. The van der Waals surface area contributed by atoms with E-state index in [0.717, 1.165) is 12.0 Å². The van der Waals surface area contributed by atoms with Crippen molar-refractivity contribution < 1.29 is 18.7 Å². The van der Waals surface area contributed by atoms with Crippen LogP contribution in [-0.2, 0) is 16.0 Å². The Morgan fingerprint density at radius 1 is 1.22 bits per heavy atom. The summed E-state index contributed by atoms with van der Waals surface area (Å²) in [6.45, 7) is 9.56. The van der Waals surface area contributed by atoms with Crippen LogP contribution < -0.4 is 4.74 Å². The molecule has 1 atom stereocenters. The van der Waals surface area contributed by atoms with Crippen molar-refractivity contribution in [2.45, 2.75) is 46.6 Å². The van der Waals surface area contributed by atoms with Crippen molar-refractivity contribution in [2.75, 3.05) is 26.2 Å². The third-order valence-electron chi connectivity index (χ3n) is 5.47. The van der Waals surface area contributed by atoms with Crippen LogP contribution in [0.5, 0.6) is 5.75 Å². The molecule has 1 aromatic carbocycles. The maximum absolute atomic E-state index is 13.6. The molecule has 3 rings (SSSR count). The molecule has 7 heteroatoms. The molecule has 0 spiro atoms. The number of thiophene rings is 1. The van der Waals surface area contributed by atoms with E-state index in [0.29, 0.717) is 25.3 Å². The standard InChI is InChI=1S/C25H33FN2O3S/c1-17(2)12-24(29)27(14-18(3)4)15-25(30)28-10-8-23-21(9-11-32-23)22(28)16-31-20-7-5-6-19(26)13-20/h5-7,9,11,13,17-18,22H,8,10,12,14-16H2,1-4H3. The number of amides is 2. The van der Waals surface area contributed by atoms with E-state index in [1.165, 1.54) is 17.0 Å². The average molecular weight is 461 g/mol. The van der Waals surface area contributed by atoms with E-state index in [1.54, 1.807) is 28.4 Å². The van der Waals surface area contributed by atoms with Gasteiger partial charge in [-0.05, 0) is 47.4 Å². The molecule has 0 aliphatic carbocycles. The first-order chi connectivity index (χ1) is 15.2. The predicted octanol–water partition coefficient (Wildman–Crippen LogP) is 4.92. The molecule has 0 N–H and O–H groups in total. The molecule has 1 aliphatic heterocycles. The van der Waals surface area contributed by atoms with Gasteiger partial charge in [0.05, 0.1) is 12.6 Å². The van der Waals surface area contributed by atoms with Crippen molar-refractivity contribution >= 4 is 23.2 Å². The molecule has 5 nitrogen and oxygen atoms in total. The predicted molar refractivity (Wildman–Crippen MR) is 125 cm³/mol. The Kier molecular flexibility index (Phi) is 8.29. The molecule has 1 aromatic heterocycles. The first kappa shape index (κ1) is 24.2. The number of rotatable bonds is 9. The second kappa shape index (κ2) is 10.9. The summed E-state index contributed by atoms with van der Waals surface area (Å²) in [4.78, 5) is 31.0. The highest BCUT2D eigenvalue weighted by Crippen LogP contribution is 2.34. The van der Waals surface area contributed by atoms with E-state index in [-0.39, 0.29) is 48.7 Å². The van der Waals surface area contributed by atoms with Crippen molar-refractivity contribution in [2.24, 2.45) is 11.8 Å². The molecule has 2 amide bonds. The zero-order valence-corrected chi connectivity index (χ0v) is 20.2. The Morgan fingerprint density at radius 2 is 2.00 bits per heavy atom. The van der Waals surface area contributed by atoms with Gasteiger partial charge in [0, 0.05) is 30.5 Å². The number of carbonyl (C=O) groups excluding carboxylic acids is 2. The minimum Gasteiger partial charge on any atom is -0.491 e. The molecule has 174 valence electrons. The molecule has 1 unspecified atom stereocenters. The fourth-order valence-electron chi connectivity index (χ4n) is 4.03. The molecule has 0 saturated carbocycles. The van der Waals surface area contributed by atoms with Gasteiger partial charge in [-0.25, -0.2) is 4.39 Å². The Balaban J connectivity index is 1.76. The highest BCUT2D eigenvalue weighted by atomic mass is 32.1. The van der Waals surface area contributed by atoms with Crippen LogP contribution in [0.25, 0.3) is 0 Å². The van der Waals surface area contributed by atoms with Gasteiger partial charge in [-0.3, -0.25) is 9.59 Å². The van der Waals surface area contributed by atoms with E-state index in [1.807, 2.05) is 44.0 Å². The Labute approximate surface area is 194 Å². The number of hydrogen-bond acceptors (Lipinski definition) is 4. The Hall–Kier alpha value is -2.41. The van der Waals surface area contributed by atoms with Gasteiger partial charge in [-0.1, -0.05) is 33.8 Å². The van der Waals surface area contributed by atoms with Gasteiger partial charge in [0.1, 0.15) is 18.2 Å². The summed E-state index contributed by atoms with van der Waals surface area (Å²) >= 11 is 1.68. The van der Waals surface area contributed by atoms with E-state index in [4.69, 9.17) is 4.74 Å². The lowest BCUT2D eigenvalue weighted by Crippen LogP contribution is -2.48. The number of carbonyl (C=O) groups is 2. The topological polar surface area (TPSA) is 49.9 Å². The zero-order valence-electron chi connectivity index (χ0n) is 19.3. The van der Waals surface area contributed by atoms with Gasteiger partial charge in [-0.2, -0.15) is 0 Å². The lowest BCUT2D eigenvalue weighted by molar-refractivity contribution is -0.143. The number of fused-ring (bicyclic) bond motifs is 1. The maximum Gasteiger partial charge on any atom is 0.242 e. The van der Waals surface area contributed by atoms with Gasteiger partial charge in [0.25, 0.3) is 0 Å². The van der Waals surface area contributed by atoms with E-state index in [2.05, 4.69) is 0 Å². The van der Waals surface area contributed by atoms with Crippen molar-refractivity contribution in [3.05, 3.63) is 52.0 Å². The minimum absolute atomic E-state index is 0.0165. The summed E-state index contributed by atoms with van der Waals surface area (Å²) in [7, 11) is 0. The summed E-state index contributed by atoms with van der Waals surface area (Å²) in [5.41, 5.74) is 1.08. The molecule has 2 heterocycles. The summed E-state index contributed by atoms with van der Waals surface area (Å²) in [6, 6.07) is 7.81. The van der Waals surface area contributed by atoms with Crippen molar-refractivity contribution in [1.82, 2.24) is 9.80 Å². The third kappa shape index (κ3) is 6.31. The average Bonchev–Trinajstić information content (AvgIpc) is 3.19. The number of ether oxygens (including phenoxy) is 1. The van der Waals surface area contributed by atoms with Crippen LogP contribution in [0.1, 0.15) is 50.6 Å². The molecule has 0 fully saturated rings. The largest absolute Gasteiger partial charge is 0.491 e. The Morgan fingerprint density at radius 3 is 2.69 bits per heavy atom. The molecule has 0 bridgehead atoms. The molecular weight excluding hydrogens is 427 g/mol. The number of benzene rings is 1. The minimum atomic E-state index is -0.358. The lowest BCUT2D eigenvalue weighted by atomic mass is 10.00. The van der Waals surface area contributed by atoms with Gasteiger partial charge < -0.3 is 14.5 Å². The van der Waals surface area contributed by atoms with Crippen LogP contribution in [0, 0.1) is 17.7 Å². The van der Waals surface area contributed by atoms with Crippen molar-refractivity contribution in [1.29, 1.82) is 0 Å². The molecule has 0 saturated heterocycles. The number of halogens is 1. The first-order valence-electron chi connectivity index (χ1n) is 11.3. The second-order valence-electron chi connectivity index (χ2n) is 9.19. The van der Waals surface area contributed by atoms with Crippen LogP contribution in [0.3, 0.4) is 0 Å². The summed E-state index contributed by atoms with van der Waals surface area (Å²) in [5, 5.41) is 2.03. The van der Waals surface area contributed by atoms with Crippen molar-refractivity contribution in [3.63, 3.8) is 0 Å². The molecule has 1 aliphatic rings. The Bertz CT molecular complexity index is 927. The summed E-state index contributed by atoms with van der Waals surface area (Å²) in [6.07, 6.45) is 1.22. The number of nitrogens with zero attached hydrogens (tertiary/aromatic N) is 2. The molecule has 0 radical (unpaired) electrons. The normalized spacial score (nSPS) is 15.7. The van der Waals surface area contributed by atoms with Gasteiger partial charge >= 0.3 is 0 Å². The van der Waals surface area contributed by atoms with Crippen LogP contribution in [0.2, 0.25) is 0 Å². The second-order valence-corrected chi connectivity index (χ2v) is 10.2. The van der Waals surface area contributed by atoms with Crippen LogP contribution in [-0.4, -0.2) is 47.9 Å². The third-order valence-corrected chi connectivity index (χ3v) is 6.46. The van der Waals surface area contributed by atoms with Crippen molar-refractivity contribution in [3.8, 4) is 5.75 Å². The van der Waals surface area contributed by atoms with Gasteiger partial charge in [0.15, 0.2) is 0 Å². The quantitative estimate of drug-likeness (QED) is 0.534. The highest BCUT2D eigenvalue weighted by Gasteiger charge is 2.33. The fourth-order valence-corrected chi connectivity index (χ4v) is 4.96. The fraction of sp³-hybridized carbons (Fsp3) is 0.520. The summed E-state index contributed by atoms with van der Waals surface area (Å²) in [5.74, 6) is 0.533. The van der Waals surface area contributed by atoms with Crippen LogP contribution in [0.4, 0.5) is 4.39 Å². The van der Waals surface area contributed by atoms with Crippen LogP contribution in [0.15, 0.2) is 35.7 Å². The SMILES string of the molecule is CC(C)CC(=O)N(CC(=O)N1CCc2sccc2C1COc1cccc(F)c1)CC(C)C. The molecule has 32 heavy (non-hydrogen) atoms. The van der Waals surface area contributed by atoms with Crippen LogP contribution >= 0.6 is 11.3 Å². The first-order valence-corrected chi connectivity index (χ1v) is 12.1. The van der Waals surface area contributed by atoms with Gasteiger partial charge in [-0.15, -0.1) is 11.3 Å². The van der Waals surface area contributed by atoms with Gasteiger partial charge in [0.2, 0.25) is 11.8 Å². The highest BCUT2D eigenvalue weighted by molar-refractivity contribution is 7.10. The van der Waals surface area contributed by atoms with E-state index >= 15 is 0 Å². The maximum atomic E-state index is 13.6. The lowest BCUT2D eigenvalue weighted by Gasteiger charge is -2.37. The monoisotopic (exact) mass is 460 g/mol. The van der Waals surface area contributed by atoms with E-state index < -0.39 is 0 Å². The molecular formula is C25H33FN2O3S. The molecule has 2 aromatic rings. The smallest absolute Gasteiger partial charge is 0.242 e. The van der Waals surface area contributed by atoms with E-state index in [9.17, 15) is 14.0 Å². The summed E-state index contributed by atoms with van der Waals surface area (Å²) < 4.78 is 19.5.